The van der Waals surface area contributed by atoms with E-state index in [2.05, 4.69) is 185 Å². The van der Waals surface area contributed by atoms with Crippen LogP contribution in [0.15, 0.2) is 170 Å². The molecule has 0 aliphatic carbocycles. The fourth-order valence-corrected chi connectivity index (χ4v) is 8.47. The Hall–Kier alpha value is -6.38. The summed E-state index contributed by atoms with van der Waals surface area (Å²) in [4.78, 5) is 0. The molecule has 0 unspecified atom stereocenters. The molecular formula is C52H42O2. The molecule has 54 heavy (non-hydrogen) atoms. The van der Waals surface area contributed by atoms with E-state index in [0.29, 0.717) is 0 Å². The third kappa shape index (κ3) is 5.41. The van der Waals surface area contributed by atoms with Crippen LogP contribution in [0, 0.1) is 0 Å². The first-order chi connectivity index (χ1) is 26.1. The quantitative estimate of drug-likeness (QED) is 0.170. The molecule has 0 aromatic heterocycles. The van der Waals surface area contributed by atoms with Crippen LogP contribution in [0.2, 0.25) is 0 Å². The summed E-state index contributed by atoms with van der Waals surface area (Å²) in [6.45, 7) is 9.04. The fraction of sp³-hybridized carbons (Fsp3) is 0.115. The van der Waals surface area contributed by atoms with Crippen molar-refractivity contribution in [3.63, 3.8) is 0 Å². The molecule has 0 spiro atoms. The normalized spacial score (nSPS) is 12.2. The van der Waals surface area contributed by atoms with Crippen LogP contribution >= 0.6 is 0 Å². The van der Waals surface area contributed by atoms with E-state index >= 15 is 0 Å². The summed E-state index contributed by atoms with van der Waals surface area (Å²) < 4.78 is 0. The topological polar surface area (TPSA) is 40.5 Å². The van der Waals surface area contributed by atoms with Crippen molar-refractivity contribution in [3.8, 4) is 33.8 Å². The summed E-state index contributed by atoms with van der Waals surface area (Å²) in [6, 6.07) is 59.3. The molecule has 0 atom stereocenters. The Morgan fingerprint density at radius 3 is 1.07 bits per heavy atom. The van der Waals surface area contributed by atoms with Gasteiger partial charge in [-0.25, -0.2) is 0 Å². The molecule has 9 aromatic carbocycles. The molecule has 0 radical (unpaired) electrons. The fourth-order valence-electron chi connectivity index (χ4n) is 8.47. The summed E-state index contributed by atoms with van der Waals surface area (Å²) in [5.74, 6) is 0.541. The first-order valence-electron chi connectivity index (χ1n) is 18.7. The average molecular weight is 699 g/mol. The van der Waals surface area contributed by atoms with E-state index in [9.17, 15) is 10.2 Å². The molecule has 0 amide bonds. The Morgan fingerprint density at radius 2 is 0.648 bits per heavy atom. The Balaban J connectivity index is 1.12. The molecule has 2 N–H and O–H groups in total. The van der Waals surface area contributed by atoms with Gasteiger partial charge in [0.05, 0.1) is 0 Å². The van der Waals surface area contributed by atoms with Crippen molar-refractivity contribution in [3.05, 3.63) is 192 Å². The second kappa shape index (κ2) is 12.6. The average Bonchev–Trinajstić information content (AvgIpc) is 3.20. The lowest BCUT2D eigenvalue weighted by atomic mass is 9.72. The number of fused-ring (bicyclic) bond motifs is 6. The molecule has 9 rings (SSSR count). The Labute approximate surface area is 316 Å². The highest BCUT2D eigenvalue weighted by Gasteiger charge is 2.29. The molecular weight excluding hydrogens is 657 g/mol. The molecule has 262 valence electrons. The lowest BCUT2D eigenvalue weighted by Gasteiger charge is -2.31. The summed E-state index contributed by atoms with van der Waals surface area (Å²) in [5.41, 5.74) is 7.59. The van der Waals surface area contributed by atoms with Gasteiger partial charge in [-0.1, -0.05) is 161 Å². The second-order valence-electron chi connectivity index (χ2n) is 15.7. The number of phenols is 2. The molecule has 0 saturated heterocycles. The first-order valence-corrected chi connectivity index (χ1v) is 18.7. The van der Waals surface area contributed by atoms with Crippen LogP contribution in [-0.4, -0.2) is 10.2 Å². The van der Waals surface area contributed by atoms with Crippen molar-refractivity contribution in [2.45, 2.75) is 38.5 Å². The van der Waals surface area contributed by atoms with Crippen LogP contribution in [0.1, 0.15) is 49.9 Å². The van der Waals surface area contributed by atoms with E-state index in [-0.39, 0.29) is 22.3 Å². The van der Waals surface area contributed by atoms with Gasteiger partial charge < -0.3 is 10.2 Å². The maximum atomic E-state index is 11.4. The number of aromatic hydroxyl groups is 2. The van der Waals surface area contributed by atoms with Gasteiger partial charge >= 0.3 is 0 Å². The predicted octanol–water partition coefficient (Wildman–Crippen LogP) is 13.7. The van der Waals surface area contributed by atoms with Crippen LogP contribution < -0.4 is 0 Å². The summed E-state index contributed by atoms with van der Waals surface area (Å²) in [7, 11) is 0. The first kappa shape index (κ1) is 33.5. The molecule has 9 aromatic rings. The van der Waals surface area contributed by atoms with Crippen molar-refractivity contribution in [2.24, 2.45) is 0 Å². The van der Waals surface area contributed by atoms with Crippen LogP contribution in [0.25, 0.3) is 65.3 Å². The monoisotopic (exact) mass is 698 g/mol. The van der Waals surface area contributed by atoms with Gasteiger partial charge in [-0.3, -0.25) is 0 Å². The number of hydrogen-bond donors (Lipinski definition) is 2. The standard InChI is InChI=1S/C52H42O2/c1-51(2,37-24-26-49(53)47(31-37)45-28-33-14-5-7-18-39(33)41-20-9-11-22-43(41)45)35-16-13-17-36(30-35)52(3,4)38-25-27-50(54)48(32-38)46-29-34-15-6-8-19-40(34)42-21-10-12-23-44(42)46/h5-32,53-54H,1-4H3. The maximum absolute atomic E-state index is 11.4. The highest BCUT2D eigenvalue weighted by molar-refractivity contribution is 6.15. The Morgan fingerprint density at radius 1 is 0.296 bits per heavy atom. The smallest absolute Gasteiger partial charge is 0.123 e. The molecule has 2 nitrogen and oxygen atoms in total. The van der Waals surface area contributed by atoms with E-state index < -0.39 is 0 Å². The summed E-state index contributed by atoms with van der Waals surface area (Å²) in [5, 5.41) is 32.0. The van der Waals surface area contributed by atoms with Gasteiger partial charge in [0.15, 0.2) is 0 Å². The van der Waals surface area contributed by atoms with Crippen LogP contribution in [0.5, 0.6) is 11.5 Å². The third-order valence-corrected chi connectivity index (χ3v) is 11.9. The van der Waals surface area contributed by atoms with Gasteiger partial charge in [-0.05, 0) is 113 Å². The molecule has 2 heteroatoms. The second-order valence-corrected chi connectivity index (χ2v) is 15.7. The van der Waals surface area contributed by atoms with Crippen LogP contribution in [0.3, 0.4) is 0 Å². The number of hydrogen-bond acceptors (Lipinski definition) is 2. The molecule has 0 aliphatic rings. The van der Waals surface area contributed by atoms with E-state index in [1.54, 1.807) is 0 Å². The van der Waals surface area contributed by atoms with E-state index in [0.717, 1.165) is 54.9 Å². The van der Waals surface area contributed by atoms with Gasteiger partial charge in [0.2, 0.25) is 0 Å². The summed E-state index contributed by atoms with van der Waals surface area (Å²) >= 11 is 0. The van der Waals surface area contributed by atoms with Gasteiger partial charge in [0, 0.05) is 22.0 Å². The van der Waals surface area contributed by atoms with E-state index in [1.807, 2.05) is 12.1 Å². The van der Waals surface area contributed by atoms with Crippen molar-refractivity contribution < 1.29 is 10.2 Å². The molecule has 0 fully saturated rings. The Bertz CT molecular complexity index is 2720. The minimum atomic E-state index is -0.370. The largest absolute Gasteiger partial charge is 0.507 e. The molecule has 0 aliphatic heterocycles. The highest BCUT2D eigenvalue weighted by atomic mass is 16.3. The van der Waals surface area contributed by atoms with Crippen LogP contribution in [0.4, 0.5) is 0 Å². The van der Waals surface area contributed by atoms with E-state index in [4.69, 9.17) is 0 Å². The summed E-state index contributed by atoms with van der Waals surface area (Å²) in [6.07, 6.45) is 0. The lowest BCUT2D eigenvalue weighted by Crippen LogP contribution is -2.23. The van der Waals surface area contributed by atoms with Crippen molar-refractivity contribution in [1.82, 2.24) is 0 Å². The highest BCUT2D eigenvalue weighted by Crippen LogP contribution is 2.45. The minimum Gasteiger partial charge on any atom is -0.507 e. The van der Waals surface area contributed by atoms with Crippen LogP contribution in [-0.2, 0) is 10.8 Å². The predicted molar refractivity (Wildman–Crippen MR) is 228 cm³/mol. The van der Waals surface area contributed by atoms with Crippen molar-refractivity contribution in [1.29, 1.82) is 0 Å². The zero-order chi connectivity index (χ0) is 37.2. The zero-order valence-corrected chi connectivity index (χ0v) is 31.1. The zero-order valence-electron chi connectivity index (χ0n) is 31.1. The SMILES string of the molecule is CC(C)(c1cccc(C(C)(C)c2ccc(O)c(-c3cc4ccccc4c4ccccc34)c2)c1)c1ccc(O)c(-c2cc3ccccc3c3ccccc23)c1. The van der Waals surface area contributed by atoms with Gasteiger partial charge in [0.1, 0.15) is 11.5 Å². The molecule has 0 bridgehead atoms. The number of rotatable bonds is 6. The number of benzene rings is 9. The maximum Gasteiger partial charge on any atom is 0.123 e. The third-order valence-electron chi connectivity index (χ3n) is 11.9. The van der Waals surface area contributed by atoms with Gasteiger partial charge in [0.25, 0.3) is 0 Å². The van der Waals surface area contributed by atoms with E-state index in [1.165, 1.54) is 32.7 Å². The Kier molecular flexibility index (Phi) is 7.83. The lowest BCUT2D eigenvalue weighted by molar-refractivity contribution is 0.476. The van der Waals surface area contributed by atoms with Crippen molar-refractivity contribution >= 4 is 43.1 Å². The van der Waals surface area contributed by atoms with Gasteiger partial charge in [-0.2, -0.15) is 0 Å². The molecule has 0 saturated carbocycles. The minimum absolute atomic E-state index is 0.271. The van der Waals surface area contributed by atoms with Gasteiger partial charge in [-0.15, -0.1) is 0 Å². The number of phenolic OH excluding ortho intramolecular Hbond substituents is 2. The van der Waals surface area contributed by atoms with Crippen molar-refractivity contribution in [2.75, 3.05) is 0 Å². The molecule has 0 heterocycles.